The number of thiazole rings is 1. The topological polar surface area (TPSA) is 42.0 Å². The van der Waals surface area contributed by atoms with E-state index < -0.39 is 0 Å². The highest BCUT2D eigenvalue weighted by Crippen LogP contribution is 2.19. The molecule has 0 saturated heterocycles. The van der Waals surface area contributed by atoms with Gasteiger partial charge in [0.25, 0.3) is 5.91 Å². The van der Waals surface area contributed by atoms with E-state index >= 15 is 0 Å². The van der Waals surface area contributed by atoms with Crippen LogP contribution < -0.4 is 5.32 Å². The fraction of sp³-hybridized carbons (Fsp3) is 0.429. The predicted octanol–water partition coefficient (Wildman–Crippen LogP) is 3.46. The van der Waals surface area contributed by atoms with Crippen LogP contribution in [0.4, 0.5) is 0 Å². The summed E-state index contributed by atoms with van der Waals surface area (Å²) < 4.78 is 1.06. The van der Waals surface area contributed by atoms with Gasteiger partial charge in [-0.3, -0.25) is 4.79 Å². The highest BCUT2D eigenvalue weighted by Gasteiger charge is 2.09. The predicted molar refractivity (Wildman–Crippen MR) is 76.0 cm³/mol. The molecule has 1 N–H and O–H groups in total. The minimum atomic E-state index is 0.0113. The van der Waals surface area contributed by atoms with Gasteiger partial charge >= 0.3 is 0 Å². The molecule has 0 radical (unpaired) electrons. The highest BCUT2D eigenvalue weighted by molar-refractivity contribution is 7.16. The number of amides is 1. The molecule has 18 heavy (non-hydrogen) atoms. The lowest BCUT2D eigenvalue weighted by atomic mass is 10.0. The highest BCUT2D eigenvalue weighted by atomic mass is 32.1. The van der Waals surface area contributed by atoms with Gasteiger partial charge in [0.2, 0.25) is 0 Å². The van der Waals surface area contributed by atoms with E-state index in [4.69, 9.17) is 0 Å². The van der Waals surface area contributed by atoms with Crippen molar-refractivity contribution in [1.82, 2.24) is 10.3 Å². The second-order valence-corrected chi connectivity index (χ2v) is 5.31. The monoisotopic (exact) mass is 262 g/mol. The normalized spacial score (nSPS) is 11.1. The summed E-state index contributed by atoms with van der Waals surface area (Å²) in [5, 5.41) is 3.00. The van der Waals surface area contributed by atoms with Gasteiger partial charge in [-0.1, -0.05) is 26.7 Å². The molecular weight excluding hydrogens is 244 g/mol. The summed E-state index contributed by atoms with van der Waals surface area (Å²) in [7, 11) is 0. The molecule has 1 amide bonds. The van der Waals surface area contributed by atoms with Crippen LogP contribution in [0.15, 0.2) is 23.7 Å². The maximum atomic E-state index is 12.0. The Morgan fingerprint density at radius 3 is 2.89 bits per heavy atom. The number of carbonyl (C=O) groups is 1. The van der Waals surface area contributed by atoms with E-state index in [9.17, 15) is 4.79 Å². The third-order valence-corrected chi connectivity index (χ3v) is 4.09. The third kappa shape index (κ3) is 2.88. The van der Waals surface area contributed by atoms with Crippen LogP contribution in [-0.4, -0.2) is 17.4 Å². The maximum absolute atomic E-state index is 12.0. The van der Waals surface area contributed by atoms with Crippen molar-refractivity contribution in [2.75, 3.05) is 6.54 Å². The number of aromatic nitrogens is 1. The van der Waals surface area contributed by atoms with Crippen LogP contribution in [-0.2, 0) is 0 Å². The molecule has 0 fully saturated rings. The summed E-state index contributed by atoms with van der Waals surface area (Å²) in [6, 6.07) is 5.65. The smallest absolute Gasteiger partial charge is 0.251 e. The fourth-order valence-electron chi connectivity index (χ4n) is 1.91. The first-order valence-electron chi connectivity index (χ1n) is 6.36. The maximum Gasteiger partial charge on any atom is 0.251 e. The zero-order valence-corrected chi connectivity index (χ0v) is 11.6. The van der Waals surface area contributed by atoms with Crippen LogP contribution >= 0.6 is 11.3 Å². The van der Waals surface area contributed by atoms with E-state index in [1.165, 1.54) is 0 Å². The van der Waals surface area contributed by atoms with Gasteiger partial charge in [-0.05, 0) is 24.1 Å². The minimum Gasteiger partial charge on any atom is -0.352 e. The molecule has 2 rings (SSSR count). The number of rotatable bonds is 5. The quantitative estimate of drug-likeness (QED) is 0.896. The molecule has 0 aliphatic rings. The van der Waals surface area contributed by atoms with Crippen molar-refractivity contribution >= 4 is 27.5 Å². The van der Waals surface area contributed by atoms with Crippen molar-refractivity contribution in [2.45, 2.75) is 26.7 Å². The number of hydrogen-bond acceptors (Lipinski definition) is 3. The molecular formula is C14H18N2OS. The van der Waals surface area contributed by atoms with Crippen LogP contribution in [0.5, 0.6) is 0 Å². The zero-order chi connectivity index (χ0) is 13.0. The summed E-state index contributed by atoms with van der Waals surface area (Å²) in [5.41, 5.74) is 3.48. The summed E-state index contributed by atoms with van der Waals surface area (Å²) >= 11 is 1.56. The molecule has 4 heteroatoms. The van der Waals surface area contributed by atoms with Crippen molar-refractivity contribution in [1.29, 1.82) is 0 Å². The molecule has 0 atom stereocenters. The Morgan fingerprint density at radius 1 is 1.39 bits per heavy atom. The molecule has 1 aromatic carbocycles. The molecule has 96 valence electrons. The Morgan fingerprint density at radius 2 is 2.17 bits per heavy atom. The van der Waals surface area contributed by atoms with Crippen molar-refractivity contribution < 1.29 is 4.79 Å². The van der Waals surface area contributed by atoms with E-state index in [2.05, 4.69) is 24.1 Å². The molecule has 0 aliphatic carbocycles. The van der Waals surface area contributed by atoms with E-state index in [1.807, 2.05) is 18.2 Å². The van der Waals surface area contributed by atoms with Gasteiger partial charge in [-0.25, -0.2) is 4.98 Å². The van der Waals surface area contributed by atoms with Crippen LogP contribution in [0.25, 0.3) is 10.2 Å². The van der Waals surface area contributed by atoms with Crippen molar-refractivity contribution in [3.8, 4) is 0 Å². The van der Waals surface area contributed by atoms with Crippen molar-refractivity contribution in [2.24, 2.45) is 5.92 Å². The molecule has 0 spiro atoms. The molecule has 0 aliphatic heterocycles. The minimum absolute atomic E-state index is 0.0113. The Balaban J connectivity index is 2.04. The first kappa shape index (κ1) is 13.0. The van der Waals surface area contributed by atoms with E-state index in [0.29, 0.717) is 5.92 Å². The van der Waals surface area contributed by atoms with Crippen LogP contribution in [0.1, 0.15) is 37.0 Å². The molecule has 1 heterocycles. The van der Waals surface area contributed by atoms with Gasteiger partial charge in [-0.2, -0.15) is 0 Å². The fourth-order valence-corrected chi connectivity index (χ4v) is 2.63. The van der Waals surface area contributed by atoms with Gasteiger partial charge in [0.1, 0.15) is 0 Å². The van der Waals surface area contributed by atoms with Crippen LogP contribution in [0.3, 0.4) is 0 Å². The second kappa shape index (κ2) is 5.96. The summed E-state index contributed by atoms with van der Waals surface area (Å²) in [6.07, 6.45) is 2.20. The molecule has 1 aromatic heterocycles. The van der Waals surface area contributed by atoms with E-state index in [0.717, 1.165) is 35.2 Å². The lowest BCUT2D eigenvalue weighted by molar-refractivity contribution is 0.0946. The Hall–Kier alpha value is -1.42. The molecule has 0 unspecified atom stereocenters. The standard InChI is InChI=1S/C14H18N2OS/c1-3-10(4-2)8-15-14(17)11-5-6-12-13(7-11)18-9-16-12/h5-7,9-10H,3-4,8H2,1-2H3,(H,15,17). The first-order chi connectivity index (χ1) is 8.74. The van der Waals surface area contributed by atoms with Gasteiger partial charge in [0, 0.05) is 12.1 Å². The number of hydrogen-bond donors (Lipinski definition) is 1. The molecule has 0 bridgehead atoms. The van der Waals surface area contributed by atoms with Crippen molar-refractivity contribution in [3.05, 3.63) is 29.3 Å². The molecule has 3 nitrogen and oxygen atoms in total. The number of fused-ring (bicyclic) bond motifs is 1. The Labute approximate surface area is 111 Å². The first-order valence-corrected chi connectivity index (χ1v) is 7.24. The van der Waals surface area contributed by atoms with E-state index in [-0.39, 0.29) is 5.91 Å². The van der Waals surface area contributed by atoms with Crippen LogP contribution in [0, 0.1) is 5.92 Å². The number of carbonyl (C=O) groups excluding carboxylic acids is 1. The lowest BCUT2D eigenvalue weighted by Gasteiger charge is -2.13. The summed E-state index contributed by atoms with van der Waals surface area (Å²) in [4.78, 5) is 16.2. The Bertz CT molecular complexity index is 531. The van der Waals surface area contributed by atoms with Crippen LogP contribution in [0.2, 0.25) is 0 Å². The zero-order valence-electron chi connectivity index (χ0n) is 10.8. The summed E-state index contributed by atoms with van der Waals surface area (Å²) in [5.74, 6) is 0.582. The second-order valence-electron chi connectivity index (χ2n) is 4.43. The number of nitrogens with one attached hydrogen (secondary N) is 1. The lowest BCUT2D eigenvalue weighted by Crippen LogP contribution is -2.28. The number of benzene rings is 1. The molecule has 2 aromatic rings. The average Bonchev–Trinajstić information content (AvgIpc) is 2.86. The largest absolute Gasteiger partial charge is 0.352 e. The van der Waals surface area contributed by atoms with Crippen molar-refractivity contribution in [3.63, 3.8) is 0 Å². The summed E-state index contributed by atoms with van der Waals surface area (Å²) in [6.45, 7) is 5.07. The van der Waals surface area contributed by atoms with Gasteiger partial charge in [-0.15, -0.1) is 11.3 Å². The van der Waals surface area contributed by atoms with Gasteiger partial charge in [0.05, 0.1) is 15.7 Å². The Kier molecular flexibility index (Phi) is 4.31. The average molecular weight is 262 g/mol. The number of nitrogens with zero attached hydrogens (tertiary/aromatic N) is 1. The SMILES string of the molecule is CCC(CC)CNC(=O)c1ccc2ncsc2c1. The molecule has 0 saturated carbocycles. The van der Waals surface area contributed by atoms with E-state index in [1.54, 1.807) is 16.8 Å². The van der Waals surface area contributed by atoms with Gasteiger partial charge < -0.3 is 5.32 Å². The van der Waals surface area contributed by atoms with Gasteiger partial charge in [0.15, 0.2) is 0 Å². The third-order valence-electron chi connectivity index (χ3n) is 3.30.